The number of rotatable bonds is 10. The minimum atomic E-state index is -0.136. The van der Waals surface area contributed by atoms with Gasteiger partial charge in [-0.05, 0) is 62.4 Å². The van der Waals surface area contributed by atoms with Crippen molar-refractivity contribution in [3.05, 3.63) is 59.7 Å². The molecule has 2 amide bonds. The van der Waals surface area contributed by atoms with Crippen molar-refractivity contribution in [2.45, 2.75) is 32.7 Å². The number of nitrogens with zero attached hydrogens (tertiary/aromatic N) is 1. The number of carbonyl (C=O) groups is 1. The van der Waals surface area contributed by atoms with Crippen LogP contribution < -0.4 is 20.1 Å². The van der Waals surface area contributed by atoms with E-state index in [0.29, 0.717) is 30.6 Å². The summed E-state index contributed by atoms with van der Waals surface area (Å²) in [7, 11) is 1.62. The van der Waals surface area contributed by atoms with Gasteiger partial charge in [-0.25, -0.2) is 4.79 Å². The van der Waals surface area contributed by atoms with Crippen molar-refractivity contribution in [3.8, 4) is 11.5 Å². The van der Waals surface area contributed by atoms with Gasteiger partial charge in [0, 0.05) is 19.6 Å². The van der Waals surface area contributed by atoms with E-state index >= 15 is 0 Å². The van der Waals surface area contributed by atoms with Crippen LogP contribution in [-0.2, 0) is 6.42 Å². The molecule has 2 aromatic rings. The van der Waals surface area contributed by atoms with Crippen LogP contribution in [-0.4, -0.2) is 50.8 Å². The number of hydrogen-bond acceptors (Lipinski definition) is 4. The predicted octanol–water partition coefficient (Wildman–Crippen LogP) is 4.02. The quantitative estimate of drug-likeness (QED) is 0.604. The van der Waals surface area contributed by atoms with Crippen LogP contribution in [0, 0.1) is 5.92 Å². The smallest absolute Gasteiger partial charge is 0.315 e. The third-order valence-electron chi connectivity index (χ3n) is 5.82. The number of ether oxygens (including phenoxy) is 2. The highest BCUT2D eigenvalue weighted by molar-refractivity contribution is 5.74. The maximum Gasteiger partial charge on any atom is 0.315 e. The number of nitrogens with one attached hydrogen (secondary N) is 2. The molecule has 1 saturated heterocycles. The van der Waals surface area contributed by atoms with Crippen molar-refractivity contribution in [1.82, 2.24) is 15.5 Å². The molecule has 168 valence electrons. The number of benzene rings is 2. The van der Waals surface area contributed by atoms with Gasteiger partial charge < -0.3 is 25.0 Å². The monoisotopic (exact) mass is 425 g/mol. The molecule has 6 nitrogen and oxygen atoms in total. The van der Waals surface area contributed by atoms with Crippen molar-refractivity contribution in [2.75, 3.05) is 39.9 Å². The van der Waals surface area contributed by atoms with Gasteiger partial charge in [-0.2, -0.15) is 0 Å². The third-order valence-corrected chi connectivity index (χ3v) is 5.82. The molecular weight excluding hydrogens is 390 g/mol. The van der Waals surface area contributed by atoms with Crippen LogP contribution in [0.5, 0.6) is 11.5 Å². The fraction of sp³-hybridized carbons (Fsp3) is 0.480. The van der Waals surface area contributed by atoms with E-state index in [2.05, 4.69) is 45.9 Å². The molecule has 2 N–H and O–H groups in total. The second kappa shape index (κ2) is 11.6. The summed E-state index contributed by atoms with van der Waals surface area (Å²) in [5.74, 6) is 1.89. The summed E-state index contributed by atoms with van der Waals surface area (Å²) in [6.45, 7) is 8.40. The highest BCUT2D eigenvalue weighted by atomic mass is 16.5. The van der Waals surface area contributed by atoms with Gasteiger partial charge in [0.25, 0.3) is 0 Å². The molecule has 0 spiro atoms. The van der Waals surface area contributed by atoms with E-state index in [1.54, 1.807) is 7.11 Å². The number of urea groups is 1. The zero-order valence-electron chi connectivity index (χ0n) is 18.9. The zero-order chi connectivity index (χ0) is 22.1. The summed E-state index contributed by atoms with van der Waals surface area (Å²) in [6, 6.07) is 16.1. The van der Waals surface area contributed by atoms with E-state index in [1.807, 2.05) is 32.0 Å². The van der Waals surface area contributed by atoms with Crippen molar-refractivity contribution in [1.29, 1.82) is 0 Å². The van der Waals surface area contributed by atoms with Crippen molar-refractivity contribution in [3.63, 3.8) is 0 Å². The molecule has 0 radical (unpaired) electrons. The topological polar surface area (TPSA) is 62.8 Å². The molecular formula is C25H35N3O3. The summed E-state index contributed by atoms with van der Waals surface area (Å²) >= 11 is 0. The van der Waals surface area contributed by atoms with E-state index < -0.39 is 0 Å². The van der Waals surface area contributed by atoms with Gasteiger partial charge in [0.2, 0.25) is 0 Å². The fourth-order valence-corrected chi connectivity index (χ4v) is 4.01. The molecule has 31 heavy (non-hydrogen) atoms. The Bertz CT molecular complexity index is 828. The first-order valence-electron chi connectivity index (χ1n) is 11.2. The molecule has 0 aromatic heterocycles. The summed E-state index contributed by atoms with van der Waals surface area (Å²) < 4.78 is 11.0. The van der Waals surface area contributed by atoms with Crippen molar-refractivity contribution < 1.29 is 14.3 Å². The predicted molar refractivity (Wildman–Crippen MR) is 124 cm³/mol. The lowest BCUT2D eigenvalue weighted by atomic mass is 10.1. The average molecular weight is 426 g/mol. The van der Waals surface area contributed by atoms with E-state index in [-0.39, 0.29) is 12.1 Å². The van der Waals surface area contributed by atoms with Gasteiger partial charge in [-0.3, -0.25) is 0 Å². The lowest BCUT2D eigenvalue weighted by Gasteiger charge is -2.19. The Hall–Kier alpha value is -2.73. The molecule has 0 aliphatic carbocycles. The standard InChI is InChI=1S/C25H35N3O3/c1-4-31-23-11-10-22(16-24(23)30-3)19(2)27-25(29)26-17-21-13-15-28(18-21)14-12-20-8-6-5-7-9-20/h5-11,16,19,21H,4,12-15,17-18H2,1-3H3,(H2,26,27,29). The molecule has 0 saturated carbocycles. The first-order chi connectivity index (χ1) is 15.1. The van der Waals surface area contributed by atoms with E-state index in [0.717, 1.165) is 38.0 Å². The van der Waals surface area contributed by atoms with Gasteiger partial charge in [0.15, 0.2) is 11.5 Å². The molecule has 0 bridgehead atoms. The van der Waals surface area contributed by atoms with E-state index in [4.69, 9.17) is 9.47 Å². The largest absolute Gasteiger partial charge is 0.493 e. The van der Waals surface area contributed by atoms with Gasteiger partial charge in [0.1, 0.15) is 0 Å². The van der Waals surface area contributed by atoms with Gasteiger partial charge in [-0.15, -0.1) is 0 Å². The molecule has 2 unspecified atom stereocenters. The van der Waals surface area contributed by atoms with Crippen LogP contribution in [0.2, 0.25) is 0 Å². The maximum absolute atomic E-state index is 12.4. The van der Waals surface area contributed by atoms with Crippen molar-refractivity contribution >= 4 is 6.03 Å². The first-order valence-corrected chi connectivity index (χ1v) is 11.2. The number of likely N-dealkylation sites (tertiary alicyclic amines) is 1. The van der Waals surface area contributed by atoms with Crippen LogP contribution >= 0.6 is 0 Å². The molecule has 3 rings (SSSR count). The van der Waals surface area contributed by atoms with Crippen LogP contribution in [0.4, 0.5) is 4.79 Å². The summed E-state index contributed by atoms with van der Waals surface area (Å²) in [6.07, 6.45) is 2.20. The average Bonchev–Trinajstić information content (AvgIpc) is 3.25. The lowest BCUT2D eigenvalue weighted by Crippen LogP contribution is -2.40. The highest BCUT2D eigenvalue weighted by Gasteiger charge is 2.23. The molecule has 2 aromatic carbocycles. The second-order valence-electron chi connectivity index (χ2n) is 8.11. The molecule has 1 aliphatic heterocycles. The van der Waals surface area contributed by atoms with Crippen LogP contribution in [0.15, 0.2) is 48.5 Å². The summed E-state index contributed by atoms with van der Waals surface area (Å²) in [4.78, 5) is 14.9. The Balaban J connectivity index is 1.40. The van der Waals surface area contributed by atoms with Crippen molar-refractivity contribution in [2.24, 2.45) is 5.92 Å². The Labute approximate surface area is 185 Å². The van der Waals surface area contributed by atoms with E-state index in [1.165, 1.54) is 5.56 Å². The normalized spacial score (nSPS) is 17.2. The number of carbonyl (C=O) groups excluding carboxylic acids is 1. The van der Waals surface area contributed by atoms with Crippen LogP contribution in [0.1, 0.15) is 37.4 Å². The molecule has 1 heterocycles. The number of amides is 2. The van der Waals surface area contributed by atoms with Crippen LogP contribution in [0.25, 0.3) is 0 Å². The Morgan fingerprint density at radius 3 is 2.74 bits per heavy atom. The summed E-state index contributed by atoms with van der Waals surface area (Å²) in [5, 5.41) is 6.07. The van der Waals surface area contributed by atoms with Crippen LogP contribution in [0.3, 0.4) is 0 Å². The number of hydrogen-bond donors (Lipinski definition) is 2. The lowest BCUT2D eigenvalue weighted by molar-refractivity contribution is 0.235. The fourth-order valence-electron chi connectivity index (χ4n) is 4.01. The minimum Gasteiger partial charge on any atom is -0.493 e. The molecule has 1 fully saturated rings. The second-order valence-corrected chi connectivity index (χ2v) is 8.11. The van der Waals surface area contributed by atoms with E-state index in [9.17, 15) is 4.79 Å². The summed E-state index contributed by atoms with van der Waals surface area (Å²) in [5.41, 5.74) is 2.35. The zero-order valence-corrected chi connectivity index (χ0v) is 18.9. The maximum atomic E-state index is 12.4. The Morgan fingerprint density at radius 2 is 2.00 bits per heavy atom. The van der Waals surface area contributed by atoms with Gasteiger partial charge in [-0.1, -0.05) is 36.4 Å². The molecule has 6 heteroatoms. The molecule has 1 aliphatic rings. The van der Waals surface area contributed by atoms with Gasteiger partial charge in [0.05, 0.1) is 19.8 Å². The first kappa shape index (κ1) is 22.9. The molecule has 2 atom stereocenters. The minimum absolute atomic E-state index is 0.129. The van der Waals surface area contributed by atoms with Gasteiger partial charge >= 0.3 is 6.03 Å². The Kier molecular flexibility index (Phi) is 8.59. The third kappa shape index (κ3) is 6.89. The SMILES string of the molecule is CCOc1ccc(C(C)NC(=O)NCC2CCN(CCc3ccccc3)C2)cc1OC. The Morgan fingerprint density at radius 1 is 1.19 bits per heavy atom. The highest BCUT2D eigenvalue weighted by Crippen LogP contribution is 2.30. The number of methoxy groups -OCH3 is 1.